The van der Waals surface area contributed by atoms with Crippen molar-refractivity contribution in [3.05, 3.63) is 17.5 Å². The predicted molar refractivity (Wildman–Crippen MR) is 66.1 cm³/mol. The number of halogens is 4. The normalized spacial score (nSPS) is 19.5. The fourth-order valence-electron chi connectivity index (χ4n) is 2.08. The van der Waals surface area contributed by atoms with Gasteiger partial charge in [0, 0.05) is 38.5 Å². The van der Waals surface area contributed by atoms with Crippen molar-refractivity contribution in [2.24, 2.45) is 7.05 Å². The molecule has 0 spiro atoms. The second-order valence-corrected chi connectivity index (χ2v) is 4.44. The Kier molecular flexibility index (Phi) is 5.64. The molecule has 1 unspecified atom stereocenters. The van der Waals surface area contributed by atoms with Crippen LogP contribution in [0.25, 0.3) is 0 Å². The largest absolute Gasteiger partial charge is 0.435 e. The van der Waals surface area contributed by atoms with E-state index in [4.69, 9.17) is 4.74 Å². The van der Waals surface area contributed by atoms with Crippen molar-refractivity contribution < 1.29 is 17.9 Å². The number of aromatic nitrogens is 2. The average Bonchev–Trinajstić information content (AvgIpc) is 2.87. The predicted octanol–water partition coefficient (Wildman–Crippen LogP) is 2.13. The molecule has 8 heteroatoms. The van der Waals surface area contributed by atoms with E-state index in [2.05, 4.69) is 10.4 Å². The van der Waals surface area contributed by atoms with E-state index in [1.165, 1.54) is 17.9 Å². The van der Waals surface area contributed by atoms with Gasteiger partial charge in [-0.3, -0.25) is 4.68 Å². The Morgan fingerprint density at radius 3 is 2.84 bits per heavy atom. The van der Waals surface area contributed by atoms with Gasteiger partial charge in [-0.15, -0.1) is 12.4 Å². The van der Waals surface area contributed by atoms with Crippen LogP contribution in [-0.2, 0) is 24.5 Å². The summed E-state index contributed by atoms with van der Waals surface area (Å²) in [4.78, 5) is 0. The molecule has 1 aromatic heterocycles. The maximum atomic E-state index is 12.7. The Balaban J connectivity index is 0.00000180. The fraction of sp³-hybridized carbons (Fsp3) is 0.727. The summed E-state index contributed by atoms with van der Waals surface area (Å²) in [6, 6.07) is 0. The van der Waals surface area contributed by atoms with Crippen LogP contribution in [0, 0.1) is 0 Å². The lowest BCUT2D eigenvalue weighted by molar-refractivity contribution is -0.142. The SMILES string of the molecule is Cl.Cn1cc(CNCC2CCCO2)c(C(F)(F)F)n1. The molecule has 1 N–H and O–H groups in total. The molecule has 19 heavy (non-hydrogen) atoms. The van der Waals surface area contributed by atoms with Crippen LogP contribution < -0.4 is 5.32 Å². The zero-order valence-corrected chi connectivity index (χ0v) is 11.4. The third-order valence-corrected chi connectivity index (χ3v) is 2.88. The molecule has 0 bridgehead atoms. The van der Waals surface area contributed by atoms with Crippen LogP contribution in [0.15, 0.2) is 6.20 Å². The Bertz CT molecular complexity index is 402. The average molecular weight is 300 g/mol. The first-order valence-electron chi connectivity index (χ1n) is 5.89. The lowest BCUT2D eigenvalue weighted by atomic mass is 10.2. The summed E-state index contributed by atoms with van der Waals surface area (Å²) in [5.41, 5.74) is -0.646. The molecular weight excluding hydrogens is 283 g/mol. The first-order valence-corrected chi connectivity index (χ1v) is 5.89. The number of ether oxygens (including phenoxy) is 1. The molecule has 110 valence electrons. The van der Waals surface area contributed by atoms with Crippen LogP contribution in [0.1, 0.15) is 24.1 Å². The van der Waals surface area contributed by atoms with Gasteiger partial charge in [-0.25, -0.2) is 0 Å². The molecule has 1 aromatic rings. The zero-order chi connectivity index (χ0) is 13.2. The maximum Gasteiger partial charge on any atom is 0.435 e. The molecule has 0 aromatic carbocycles. The summed E-state index contributed by atoms with van der Waals surface area (Å²) in [6.07, 6.45) is -0.900. The van der Waals surface area contributed by atoms with Crippen molar-refractivity contribution in [3.8, 4) is 0 Å². The monoisotopic (exact) mass is 299 g/mol. The summed E-state index contributed by atoms with van der Waals surface area (Å²) in [7, 11) is 1.48. The fourth-order valence-corrected chi connectivity index (χ4v) is 2.08. The highest BCUT2D eigenvalue weighted by Gasteiger charge is 2.36. The van der Waals surface area contributed by atoms with Crippen molar-refractivity contribution in [1.29, 1.82) is 0 Å². The van der Waals surface area contributed by atoms with E-state index in [1.54, 1.807) is 0 Å². The van der Waals surface area contributed by atoms with Crippen LogP contribution in [0.5, 0.6) is 0 Å². The Hall–Kier alpha value is -0.790. The molecule has 2 heterocycles. The van der Waals surface area contributed by atoms with Crippen LogP contribution in [0.2, 0.25) is 0 Å². The topological polar surface area (TPSA) is 39.1 Å². The molecular formula is C11H17ClF3N3O. The van der Waals surface area contributed by atoms with Gasteiger partial charge in [-0.2, -0.15) is 18.3 Å². The van der Waals surface area contributed by atoms with E-state index < -0.39 is 11.9 Å². The van der Waals surface area contributed by atoms with E-state index in [0.717, 1.165) is 19.4 Å². The van der Waals surface area contributed by atoms with E-state index in [1.807, 2.05) is 0 Å². The molecule has 2 rings (SSSR count). The third-order valence-electron chi connectivity index (χ3n) is 2.88. The number of nitrogens with zero attached hydrogens (tertiary/aromatic N) is 2. The molecule has 1 saturated heterocycles. The van der Waals surface area contributed by atoms with Gasteiger partial charge in [-0.05, 0) is 12.8 Å². The number of nitrogens with one attached hydrogen (secondary N) is 1. The van der Waals surface area contributed by atoms with Crippen molar-refractivity contribution in [3.63, 3.8) is 0 Å². The lowest BCUT2D eigenvalue weighted by Gasteiger charge is -2.11. The van der Waals surface area contributed by atoms with Crippen LogP contribution in [0.3, 0.4) is 0 Å². The smallest absolute Gasteiger partial charge is 0.377 e. The van der Waals surface area contributed by atoms with Gasteiger partial charge in [0.05, 0.1) is 6.10 Å². The molecule has 1 aliphatic rings. The standard InChI is InChI=1S/C11H16F3N3O.ClH/c1-17-7-8(10(16-17)11(12,13)14)5-15-6-9-3-2-4-18-9;/h7,9,15H,2-6H2,1H3;1H. The summed E-state index contributed by atoms with van der Waals surface area (Å²) in [5.74, 6) is 0. The number of rotatable bonds is 4. The van der Waals surface area contributed by atoms with Gasteiger partial charge in [0.25, 0.3) is 0 Å². The summed E-state index contributed by atoms with van der Waals surface area (Å²) in [5, 5.41) is 6.44. The third kappa shape index (κ3) is 4.36. The van der Waals surface area contributed by atoms with E-state index in [-0.39, 0.29) is 30.6 Å². The van der Waals surface area contributed by atoms with E-state index >= 15 is 0 Å². The first kappa shape index (κ1) is 16.3. The van der Waals surface area contributed by atoms with E-state index in [0.29, 0.717) is 6.54 Å². The summed E-state index contributed by atoms with van der Waals surface area (Å²) in [6.45, 7) is 1.47. The highest BCUT2D eigenvalue weighted by Crippen LogP contribution is 2.30. The number of hydrogen-bond acceptors (Lipinski definition) is 3. The highest BCUT2D eigenvalue weighted by molar-refractivity contribution is 5.85. The minimum Gasteiger partial charge on any atom is -0.377 e. The Labute approximate surface area is 115 Å². The molecule has 0 radical (unpaired) electrons. The lowest BCUT2D eigenvalue weighted by Crippen LogP contribution is -2.26. The number of aryl methyl sites for hydroxylation is 1. The highest BCUT2D eigenvalue weighted by atomic mass is 35.5. The molecule has 1 aliphatic heterocycles. The molecule has 1 atom stereocenters. The van der Waals surface area contributed by atoms with Crippen molar-refractivity contribution in [2.75, 3.05) is 13.2 Å². The first-order chi connectivity index (χ1) is 8.47. The number of hydrogen-bond donors (Lipinski definition) is 1. The van der Waals surface area contributed by atoms with Gasteiger partial charge in [0.1, 0.15) is 0 Å². The Morgan fingerprint density at radius 1 is 1.53 bits per heavy atom. The van der Waals surface area contributed by atoms with Gasteiger partial charge in [0.2, 0.25) is 0 Å². The molecule has 0 amide bonds. The van der Waals surface area contributed by atoms with Crippen molar-refractivity contribution in [2.45, 2.75) is 31.7 Å². The molecule has 0 aliphatic carbocycles. The van der Waals surface area contributed by atoms with Gasteiger partial charge < -0.3 is 10.1 Å². The van der Waals surface area contributed by atoms with Crippen LogP contribution in [0.4, 0.5) is 13.2 Å². The quantitative estimate of drug-likeness (QED) is 0.926. The minimum absolute atomic E-state index is 0. The second kappa shape index (κ2) is 6.58. The maximum absolute atomic E-state index is 12.7. The number of alkyl halides is 3. The molecule has 4 nitrogen and oxygen atoms in total. The van der Waals surface area contributed by atoms with Gasteiger partial charge >= 0.3 is 6.18 Å². The van der Waals surface area contributed by atoms with E-state index in [9.17, 15) is 13.2 Å². The summed E-state index contributed by atoms with van der Waals surface area (Å²) >= 11 is 0. The molecule has 1 fully saturated rings. The van der Waals surface area contributed by atoms with Crippen LogP contribution in [-0.4, -0.2) is 29.0 Å². The minimum atomic E-state index is -4.40. The van der Waals surface area contributed by atoms with Crippen LogP contribution >= 0.6 is 12.4 Å². The molecule has 0 saturated carbocycles. The second-order valence-electron chi connectivity index (χ2n) is 4.44. The van der Waals surface area contributed by atoms with Gasteiger partial charge in [0.15, 0.2) is 5.69 Å². The van der Waals surface area contributed by atoms with Crippen molar-refractivity contribution >= 4 is 12.4 Å². The summed E-state index contributed by atoms with van der Waals surface area (Å²) < 4.78 is 44.6. The van der Waals surface area contributed by atoms with Gasteiger partial charge in [-0.1, -0.05) is 0 Å². The zero-order valence-electron chi connectivity index (χ0n) is 10.5. The Morgan fingerprint density at radius 2 is 2.26 bits per heavy atom. The van der Waals surface area contributed by atoms with Crippen molar-refractivity contribution in [1.82, 2.24) is 15.1 Å².